The molecule has 1 saturated carbocycles. The number of carbonyl (C=O) groups is 1. The molecule has 1 aliphatic heterocycles. The van der Waals surface area contributed by atoms with E-state index < -0.39 is 0 Å². The second kappa shape index (κ2) is 7.88. The van der Waals surface area contributed by atoms with Crippen molar-refractivity contribution in [2.75, 3.05) is 6.54 Å². The number of hydrogen-bond donors (Lipinski definition) is 2. The summed E-state index contributed by atoms with van der Waals surface area (Å²) in [5.41, 5.74) is 0. The largest absolute Gasteiger partial charge is 0.352 e. The predicted molar refractivity (Wildman–Crippen MR) is 79.1 cm³/mol. The van der Waals surface area contributed by atoms with Gasteiger partial charge in [0, 0.05) is 6.04 Å². The first-order chi connectivity index (χ1) is 9.25. The number of nitrogens with one attached hydrogen (secondary N) is 2. The molecule has 2 aliphatic rings. The van der Waals surface area contributed by atoms with Crippen molar-refractivity contribution < 1.29 is 4.79 Å². The normalized spacial score (nSPS) is 26.9. The summed E-state index contributed by atoms with van der Waals surface area (Å²) in [6.45, 7) is 3.15. The second-order valence-electron chi connectivity index (χ2n) is 6.49. The van der Waals surface area contributed by atoms with Gasteiger partial charge in [0.2, 0.25) is 5.91 Å². The Labute approximate surface area is 117 Å². The van der Waals surface area contributed by atoms with Gasteiger partial charge in [0.05, 0.1) is 6.04 Å². The van der Waals surface area contributed by atoms with Crippen LogP contribution in [0.4, 0.5) is 0 Å². The quantitative estimate of drug-likeness (QED) is 0.803. The zero-order valence-electron chi connectivity index (χ0n) is 12.4. The van der Waals surface area contributed by atoms with E-state index in [1.165, 1.54) is 51.4 Å². The van der Waals surface area contributed by atoms with E-state index in [0.29, 0.717) is 6.04 Å². The van der Waals surface area contributed by atoms with E-state index in [-0.39, 0.29) is 11.9 Å². The molecule has 1 aliphatic carbocycles. The molecule has 2 rings (SSSR count). The first-order valence-corrected chi connectivity index (χ1v) is 8.29. The van der Waals surface area contributed by atoms with Gasteiger partial charge in [0.1, 0.15) is 0 Å². The SMILES string of the molecule is CC(CCC1CCCCC1)NC(=O)C1CCCCN1. The van der Waals surface area contributed by atoms with Crippen LogP contribution in [-0.4, -0.2) is 24.5 Å². The van der Waals surface area contributed by atoms with Crippen molar-refractivity contribution in [3.05, 3.63) is 0 Å². The third kappa shape index (κ3) is 5.13. The molecule has 3 heteroatoms. The lowest BCUT2D eigenvalue weighted by molar-refractivity contribution is -0.124. The standard InChI is InChI=1S/C16H30N2O/c1-13(10-11-14-7-3-2-4-8-14)18-16(19)15-9-5-6-12-17-15/h13-15,17H,2-12H2,1H3,(H,18,19). The van der Waals surface area contributed by atoms with Crippen molar-refractivity contribution in [1.82, 2.24) is 10.6 Å². The van der Waals surface area contributed by atoms with Gasteiger partial charge >= 0.3 is 0 Å². The van der Waals surface area contributed by atoms with E-state index in [2.05, 4.69) is 17.6 Å². The summed E-state index contributed by atoms with van der Waals surface area (Å²) in [6.07, 6.45) is 12.9. The first-order valence-electron chi connectivity index (χ1n) is 8.29. The van der Waals surface area contributed by atoms with E-state index in [1.807, 2.05) is 0 Å². The van der Waals surface area contributed by atoms with Crippen LogP contribution in [0.5, 0.6) is 0 Å². The number of piperidine rings is 1. The molecule has 2 fully saturated rings. The van der Waals surface area contributed by atoms with Gasteiger partial charge in [-0.3, -0.25) is 4.79 Å². The Hall–Kier alpha value is -0.570. The molecule has 19 heavy (non-hydrogen) atoms. The number of rotatable bonds is 5. The molecule has 2 atom stereocenters. The molecule has 0 bridgehead atoms. The molecule has 2 N–H and O–H groups in total. The smallest absolute Gasteiger partial charge is 0.237 e. The molecule has 1 amide bonds. The Balaban J connectivity index is 1.62. The van der Waals surface area contributed by atoms with Gasteiger partial charge in [-0.05, 0) is 45.1 Å². The molecule has 3 nitrogen and oxygen atoms in total. The van der Waals surface area contributed by atoms with Crippen LogP contribution >= 0.6 is 0 Å². The summed E-state index contributed by atoms with van der Waals surface area (Å²) >= 11 is 0. The average molecular weight is 266 g/mol. The minimum Gasteiger partial charge on any atom is -0.352 e. The van der Waals surface area contributed by atoms with Crippen molar-refractivity contribution in [3.63, 3.8) is 0 Å². The zero-order valence-corrected chi connectivity index (χ0v) is 12.4. The summed E-state index contributed by atoms with van der Waals surface area (Å²) in [5, 5.41) is 6.51. The van der Waals surface area contributed by atoms with Crippen LogP contribution in [0.2, 0.25) is 0 Å². The van der Waals surface area contributed by atoms with Gasteiger partial charge in [0.15, 0.2) is 0 Å². The molecule has 2 unspecified atom stereocenters. The highest BCUT2D eigenvalue weighted by atomic mass is 16.2. The lowest BCUT2D eigenvalue weighted by Crippen LogP contribution is -2.49. The topological polar surface area (TPSA) is 41.1 Å². The minimum atomic E-state index is 0.0610. The zero-order chi connectivity index (χ0) is 13.5. The van der Waals surface area contributed by atoms with Crippen LogP contribution in [0.3, 0.4) is 0 Å². The Morgan fingerprint density at radius 1 is 1.16 bits per heavy atom. The van der Waals surface area contributed by atoms with Gasteiger partial charge < -0.3 is 10.6 Å². The molecule has 0 aromatic heterocycles. The van der Waals surface area contributed by atoms with Gasteiger partial charge in [-0.25, -0.2) is 0 Å². The number of hydrogen-bond acceptors (Lipinski definition) is 2. The van der Waals surface area contributed by atoms with Crippen molar-refractivity contribution in [2.24, 2.45) is 5.92 Å². The summed E-state index contributed by atoms with van der Waals surface area (Å²) in [6, 6.07) is 0.393. The third-order valence-electron chi connectivity index (χ3n) is 4.75. The van der Waals surface area contributed by atoms with Gasteiger partial charge in [-0.1, -0.05) is 38.5 Å². The Kier molecular flexibility index (Phi) is 6.15. The molecule has 0 radical (unpaired) electrons. The van der Waals surface area contributed by atoms with E-state index >= 15 is 0 Å². The second-order valence-corrected chi connectivity index (χ2v) is 6.49. The van der Waals surface area contributed by atoms with Crippen LogP contribution in [0.1, 0.15) is 71.1 Å². The average Bonchev–Trinajstić information content (AvgIpc) is 2.47. The van der Waals surface area contributed by atoms with Crippen molar-refractivity contribution >= 4 is 5.91 Å². The summed E-state index contributed by atoms with van der Waals surface area (Å²) < 4.78 is 0. The Morgan fingerprint density at radius 3 is 2.58 bits per heavy atom. The number of amides is 1. The van der Waals surface area contributed by atoms with Gasteiger partial charge in [-0.2, -0.15) is 0 Å². The Morgan fingerprint density at radius 2 is 1.89 bits per heavy atom. The molecule has 110 valence electrons. The first kappa shape index (κ1) is 14.8. The lowest BCUT2D eigenvalue weighted by atomic mass is 9.85. The fraction of sp³-hybridized carbons (Fsp3) is 0.938. The van der Waals surface area contributed by atoms with Crippen molar-refractivity contribution in [3.8, 4) is 0 Å². The molecular weight excluding hydrogens is 236 g/mol. The minimum absolute atomic E-state index is 0.0610. The molecular formula is C16H30N2O. The van der Waals surface area contributed by atoms with Crippen molar-refractivity contribution in [2.45, 2.75) is 83.2 Å². The van der Waals surface area contributed by atoms with E-state index in [9.17, 15) is 4.79 Å². The molecule has 0 aromatic carbocycles. The lowest BCUT2D eigenvalue weighted by Gasteiger charge is -2.26. The maximum Gasteiger partial charge on any atom is 0.237 e. The van der Waals surface area contributed by atoms with Crippen LogP contribution in [0.15, 0.2) is 0 Å². The molecule has 0 spiro atoms. The highest BCUT2D eigenvalue weighted by Crippen LogP contribution is 2.27. The summed E-state index contributed by atoms with van der Waals surface area (Å²) in [7, 11) is 0. The van der Waals surface area contributed by atoms with Crippen LogP contribution in [0, 0.1) is 5.92 Å². The monoisotopic (exact) mass is 266 g/mol. The van der Waals surface area contributed by atoms with E-state index in [0.717, 1.165) is 25.3 Å². The molecule has 0 aromatic rings. The van der Waals surface area contributed by atoms with Crippen LogP contribution in [0.25, 0.3) is 0 Å². The van der Waals surface area contributed by atoms with E-state index in [4.69, 9.17) is 0 Å². The number of carbonyl (C=O) groups excluding carboxylic acids is 1. The van der Waals surface area contributed by atoms with Crippen molar-refractivity contribution in [1.29, 1.82) is 0 Å². The maximum atomic E-state index is 12.1. The van der Waals surface area contributed by atoms with Crippen LogP contribution < -0.4 is 10.6 Å². The fourth-order valence-corrected chi connectivity index (χ4v) is 3.45. The summed E-state index contributed by atoms with van der Waals surface area (Å²) in [5.74, 6) is 1.14. The highest BCUT2D eigenvalue weighted by Gasteiger charge is 2.22. The third-order valence-corrected chi connectivity index (χ3v) is 4.75. The fourth-order valence-electron chi connectivity index (χ4n) is 3.45. The predicted octanol–water partition coefficient (Wildman–Crippen LogP) is 2.99. The molecule has 1 heterocycles. The molecule has 1 saturated heterocycles. The van der Waals surface area contributed by atoms with Gasteiger partial charge in [-0.15, -0.1) is 0 Å². The van der Waals surface area contributed by atoms with E-state index in [1.54, 1.807) is 0 Å². The van der Waals surface area contributed by atoms with Gasteiger partial charge in [0.25, 0.3) is 0 Å². The van der Waals surface area contributed by atoms with Crippen LogP contribution in [-0.2, 0) is 4.79 Å². The summed E-state index contributed by atoms with van der Waals surface area (Å²) in [4.78, 5) is 12.1. The maximum absolute atomic E-state index is 12.1. The highest BCUT2D eigenvalue weighted by molar-refractivity contribution is 5.82. The Bertz CT molecular complexity index is 268.